The largest absolute Gasteiger partial charge is 0.336 e. The summed E-state index contributed by atoms with van der Waals surface area (Å²) in [7, 11) is 0. The van der Waals surface area contributed by atoms with Gasteiger partial charge < -0.3 is 14.9 Å². The van der Waals surface area contributed by atoms with Crippen LogP contribution in [0.15, 0.2) is 67.4 Å². The van der Waals surface area contributed by atoms with Gasteiger partial charge in [-0.25, -0.2) is 9.97 Å². The molecule has 0 aliphatic rings. The third-order valence-electron chi connectivity index (χ3n) is 6.22. The van der Waals surface area contributed by atoms with Gasteiger partial charge in [-0.2, -0.15) is 5.10 Å². The number of hydrogen-bond acceptors (Lipinski definition) is 5. The van der Waals surface area contributed by atoms with Gasteiger partial charge in [0.2, 0.25) is 5.91 Å². The Morgan fingerprint density at radius 2 is 1.97 bits per heavy atom. The van der Waals surface area contributed by atoms with Crippen LogP contribution in [0.25, 0.3) is 50.3 Å². The number of aromatic nitrogens is 7. The van der Waals surface area contributed by atoms with Crippen LogP contribution in [0.3, 0.4) is 0 Å². The molecule has 0 aliphatic heterocycles. The lowest BCUT2D eigenvalue weighted by molar-refractivity contribution is -0.116. The molecule has 0 aliphatic carbocycles. The fraction of sp³-hybridized carbons (Fsp3) is 0.179. The zero-order chi connectivity index (χ0) is 25.5. The van der Waals surface area contributed by atoms with Crippen molar-refractivity contribution in [1.29, 1.82) is 0 Å². The molecule has 6 aromatic rings. The van der Waals surface area contributed by atoms with E-state index in [1.165, 1.54) is 0 Å². The first-order valence-corrected chi connectivity index (χ1v) is 12.2. The summed E-state index contributed by atoms with van der Waals surface area (Å²) in [5, 5.41) is 11.6. The lowest BCUT2D eigenvalue weighted by Crippen LogP contribution is -2.13. The molecular weight excluding hydrogens is 464 g/mol. The van der Waals surface area contributed by atoms with Gasteiger partial charge in [0.15, 0.2) is 5.82 Å². The molecule has 0 radical (unpaired) electrons. The van der Waals surface area contributed by atoms with Gasteiger partial charge in [0.05, 0.1) is 40.6 Å². The number of pyridine rings is 1. The van der Waals surface area contributed by atoms with Crippen molar-refractivity contribution >= 4 is 33.5 Å². The molecule has 0 atom stereocenters. The summed E-state index contributed by atoms with van der Waals surface area (Å²) >= 11 is 0. The van der Waals surface area contributed by atoms with Gasteiger partial charge in [-0.05, 0) is 48.7 Å². The average molecular weight is 491 g/mol. The van der Waals surface area contributed by atoms with Crippen molar-refractivity contribution in [2.24, 2.45) is 5.92 Å². The van der Waals surface area contributed by atoms with Crippen LogP contribution in [0.4, 0.5) is 5.69 Å². The van der Waals surface area contributed by atoms with Gasteiger partial charge in [0.25, 0.3) is 0 Å². The first-order valence-electron chi connectivity index (χ1n) is 12.2. The van der Waals surface area contributed by atoms with E-state index >= 15 is 0 Å². The summed E-state index contributed by atoms with van der Waals surface area (Å²) in [6.45, 7) is 6.01. The summed E-state index contributed by atoms with van der Waals surface area (Å²) in [6.07, 6.45) is 7.69. The number of para-hydroxylation sites is 1. The minimum Gasteiger partial charge on any atom is -0.336 e. The zero-order valence-corrected chi connectivity index (χ0v) is 20.8. The van der Waals surface area contributed by atoms with Crippen LogP contribution >= 0.6 is 0 Å². The number of hydrogen-bond donors (Lipinski definition) is 3. The number of imidazole rings is 2. The number of fused-ring (bicyclic) bond motifs is 2. The number of benzene rings is 2. The Hall–Kier alpha value is -4.79. The molecule has 4 aromatic heterocycles. The molecule has 37 heavy (non-hydrogen) atoms. The zero-order valence-electron chi connectivity index (χ0n) is 20.8. The maximum atomic E-state index is 12.2. The number of carbonyl (C=O) groups excluding carboxylic acids is 1. The topological polar surface area (TPSA) is 117 Å². The molecular formula is C28H26N8O. The smallest absolute Gasteiger partial charge is 0.224 e. The van der Waals surface area contributed by atoms with E-state index in [9.17, 15) is 4.79 Å². The van der Waals surface area contributed by atoms with Gasteiger partial charge in [-0.3, -0.25) is 14.9 Å². The molecule has 0 fully saturated rings. The molecule has 9 nitrogen and oxygen atoms in total. The lowest BCUT2D eigenvalue weighted by Gasteiger charge is -2.09. The van der Waals surface area contributed by atoms with Crippen LogP contribution in [0, 0.1) is 12.8 Å². The Balaban J connectivity index is 1.38. The minimum absolute atomic E-state index is 0.0170. The van der Waals surface area contributed by atoms with Crippen molar-refractivity contribution in [3.63, 3.8) is 0 Å². The number of amides is 1. The second kappa shape index (κ2) is 9.02. The number of rotatable bonds is 6. The third kappa shape index (κ3) is 4.35. The summed E-state index contributed by atoms with van der Waals surface area (Å²) in [4.78, 5) is 29.3. The number of aryl methyl sites for hydroxylation is 1. The van der Waals surface area contributed by atoms with Gasteiger partial charge in [-0.15, -0.1) is 0 Å². The monoisotopic (exact) mass is 490 g/mol. The number of nitrogens with zero attached hydrogens (tertiary/aromatic N) is 5. The molecule has 1 amide bonds. The summed E-state index contributed by atoms with van der Waals surface area (Å²) in [5.74, 6) is 0.948. The SMILES string of the molecule is Cc1cn(-c2cccc3[nH]c(-c4n[nH]c5ccc(-c6cncc(NC(=O)CC(C)C)c6)cc45)nc23)cn1. The quantitative estimate of drug-likeness (QED) is 0.279. The molecule has 3 N–H and O–H groups in total. The van der Waals surface area contributed by atoms with E-state index in [0.29, 0.717) is 17.9 Å². The fourth-order valence-electron chi connectivity index (χ4n) is 4.51. The van der Waals surface area contributed by atoms with Crippen molar-refractivity contribution < 1.29 is 4.79 Å². The number of H-pyrrole nitrogens is 2. The molecule has 0 unspecified atom stereocenters. The van der Waals surface area contributed by atoms with Crippen LogP contribution in [-0.2, 0) is 4.79 Å². The second-order valence-electron chi connectivity index (χ2n) is 9.62. The van der Waals surface area contributed by atoms with Gasteiger partial charge in [-0.1, -0.05) is 26.0 Å². The molecule has 4 heterocycles. The average Bonchev–Trinajstić information content (AvgIpc) is 3.60. The van der Waals surface area contributed by atoms with E-state index in [1.54, 1.807) is 18.7 Å². The molecule has 9 heteroatoms. The number of aromatic amines is 2. The maximum absolute atomic E-state index is 12.2. The van der Waals surface area contributed by atoms with Crippen LogP contribution in [0.2, 0.25) is 0 Å². The Morgan fingerprint density at radius 1 is 1.08 bits per heavy atom. The van der Waals surface area contributed by atoms with Crippen LogP contribution < -0.4 is 5.32 Å². The van der Waals surface area contributed by atoms with E-state index < -0.39 is 0 Å². The highest BCUT2D eigenvalue weighted by Gasteiger charge is 2.16. The van der Waals surface area contributed by atoms with Crippen molar-refractivity contribution in [3.8, 4) is 28.3 Å². The fourth-order valence-corrected chi connectivity index (χ4v) is 4.51. The Labute approximate surface area is 213 Å². The molecule has 0 bridgehead atoms. The minimum atomic E-state index is -0.0170. The lowest BCUT2D eigenvalue weighted by atomic mass is 10.0. The van der Waals surface area contributed by atoms with Gasteiger partial charge >= 0.3 is 0 Å². The number of carbonyl (C=O) groups is 1. The summed E-state index contributed by atoms with van der Waals surface area (Å²) in [5.41, 5.74) is 7.83. The number of anilines is 1. The van der Waals surface area contributed by atoms with Crippen molar-refractivity contribution in [1.82, 2.24) is 34.7 Å². The van der Waals surface area contributed by atoms with Crippen molar-refractivity contribution in [2.75, 3.05) is 5.32 Å². The summed E-state index contributed by atoms with van der Waals surface area (Å²) in [6, 6.07) is 14.0. The highest BCUT2D eigenvalue weighted by atomic mass is 16.1. The highest BCUT2D eigenvalue weighted by molar-refractivity contribution is 5.97. The Bertz CT molecular complexity index is 1760. The Kier molecular flexibility index (Phi) is 5.52. The van der Waals surface area contributed by atoms with Crippen LogP contribution in [0.5, 0.6) is 0 Å². The van der Waals surface area contributed by atoms with Crippen LogP contribution in [-0.4, -0.2) is 40.6 Å². The first kappa shape index (κ1) is 22.7. The molecule has 0 saturated carbocycles. The van der Waals surface area contributed by atoms with Crippen molar-refractivity contribution in [2.45, 2.75) is 27.2 Å². The molecule has 0 saturated heterocycles. The third-order valence-corrected chi connectivity index (χ3v) is 6.22. The normalized spacial score (nSPS) is 11.6. The van der Waals surface area contributed by atoms with E-state index in [1.807, 2.05) is 67.9 Å². The van der Waals surface area contributed by atoms with E-state index in [0.717, 1.165) is 50.1 Å². The van der Waals surface area contributed by atoms with E-state index in [-0.39, 0.29) is 11.8 Å². The number of nitrogens with one attached hydrogen (secondary N) is 3. The predicted octanol–water partition coefficient (Wildman–Crippen LogP) is 5.65. The molecule has 184 valence electrons. The second-order valence-corrected chi connectivity index (χ2v) is 9.62. The molecule has 2 aromatic carbocycles. The van der Waals surface area contributed by atoms with E-state index in [2.05, 4.69) is 36.5 Å². The highest BCUT2D eigenvalue weighted by Crippen LogP contribution is 2.32. The van der Waals surface area contributed by atoms with Gasteiger partial charge in [0, 0.05) is 29.8 Å². The molecule has 0 spiro atoms. The Morgan fingerprint density at radius 3 is 2.78 bits per heavy atom. The standard InChI is InChI=1S/C28H26N8O/c1-16(2)9-25(37)31-20-10-19(12-29-13-20)18-7-8-22-21(11-18)26(35-34-22)28-32-23-5-4-6-24(27(23)33-28)36-14-17(3)30-15-36/h4-8,10-16H,9H2,1-3H3,(H,31,37)(H,32,33)(H,34,35). The van der Waals surface area contributed by atoms with Crippen molar-refractivity contribution in [3.05, 3.63) is 73.1 Å². The molecule has 6 rings (SSSR count). The predicted molar refractivity (Wildman–Crippen MR) is 144 cm³/mol. The van der Waals surface area contributed by atoms with Gasteiger partial charge in [0.1, 0.15) is 11.2 Å². The first-order chi connectivity index (χ1) is 17.9. The van der Waals surface area contributed by atoms with Crippen LogP contribution in [0.1, 0.15) is 26.0 Å². The maximum Gasteiger partial charge on any atom is 0.224 e. The van der Waals surface area contributed by atoms with E-state index in [4.69, 9.17) is 4.98 Å². The summed E-state index contributed by atoms with van der Waals surface area (Å²) < 4.78 is 1.98.